The number of ether oxygens (including phenoxy) is 1. The molecular weight excluding hydrogens is 394 g/mol. The van der Waals surface area contributed by atoms with E-state index in [1.165, 1.54) is 0 Å². The first-order chi connectivity index (χ1) is 13.9. The molecule has 29 heavy (non-hydrogen) atoms. The van der Waals surface area contributed by atoms with Crippen molar-refractivity contribution < 1.29 is 24.9 Å². The summed E-state index contributed by atoms with van der Waals surface area (Å²) in [4.78, 5) is 10.7. The topological polar surface area (TPSA) is 113 Å². The molecule has 1 fully saturated rings. The van der Waals surface area contributed by atoms with Gasteiger partial charge in [-0.15, -0.1) is 0 Å². The molecule has 0 bridgehead atoms. The van der Waals surface area contributed by atoms with Crippen LogP contribution in [0.4, 0.5) is 0 Å². The van der Waals surface area contributed by atoms with Crippen LogP contribution in [0, 0.1) is 11.8 Å². The van der Waals surface area contributed by atoms with Crippen LogP contribution in [0.15, 0.2) is 48.6 Å². The first-order valence-electron chi connectivity index (χ1n) is 9.91. The highest BCUT2D eigenvalue weighted by atomic mass is 35.5. The average molecular weight is 424 g/mol. The summed E-state index contributed by atoms with van der Waals surface area (Å²) in [7, 11) is 0. The van der Waals surface area contributed by atoms with Crippen molar-refractivity contribution in [2.24, 2.45) is 17.6 Å². The molecule has 1 amide bonds. The largest absolute Gasteiger partial charge is 0.491 e. The summed E-state index contributed by atoms with van der Waals surface area (Å²) in [6.45, 7) is 0.0621. The number of carbonyl (C=O) groups excluding carboxylic acids is 1. The Kier molecular flexibility index (Phi) is 9.67. The Labute approximate surface area is 176 Å². The Morgan fingerprint density at radius 3 is 2.83 bits per heavy atom. The quantitative estimate of drug-likeness (QED) is 0.323. The molecular formula is C22H30ClNO5. The van der Waals surface area contributed by atoms with Crippen LogP contribution < -0.4 is 10.5 Å². The van der Waals surface area contributed by atoms with Crippen LogP contribution in [0.25, 0.3) is 0 Å². The summed E-state index contributed by atoms with van der Waals surface area (Å²) in [5, 5.41) is 31.2. The van der Waals surface area contributed by atoms with E-state index >= 15 is 0 Å². The molecule has 0 radical (unpaired) electrons. The maximum atomic E-state index is 10.7. The summed E-state index contributed by atoms with van der Waals surface area (Å²) in [6.07, 6.45) is 7.91. The highest BCUT2D eigenvalue weighted by Crippen LogP contribution is 2.36. The molecule has 0 aliphatic heterocycles. The van der Waals surface area contributed by atoms with Gasteiger partial charge in [-0.1, -0.05) is 42.0 Å². The van der Waals surface area contributed by atoms with E-state index in [4.69, 9.17) is 22.1 Å². The van der Waals surface area contributed by atoms with Gasteiger partial charge in [0.05, 0.1) is 12.2 Å². The maximum Gasteiger partial charge on any atom is 0.217 e. The fourth-order valence-electron chi connectivity index (χ4n) is 3.52. The van der Waals surface area contributed by atoms with Crippen molar-refractivity contribution in [3.8, 4) is 5.75 Å². The van der Waals surface area contributed by atoms with Gasteiger partial charge in [-0.25, -0.2) is 0 Å². The minimum atomic E-state index is -0.844. The molecule has 5 atom stereocenters. The number of hydrogen-bond acceptors (Lipinski definition) is 5. The van der Waals surface area contributed by atoms with Gasteiger partial charge in [-0.05, 0) is 43.4 Å². The van der Waals surface area contributed by atoms with Gasteiger partial charge in [0.1, 0.15) is 18.5 Å². The molecule has 1 aliphatic rings. The van der Waals surface area contributed by atoms with E-state index in [0.717, 1.165) is 6.42 Å². The number of rotatable bonds is 11. The molecule has 0 heterocycles. The third-order valence-corrected chi connectivity index (χ3v) is 5.29. The van der Waals surface area contributed by atoms with Crippen molar-refractivity contribution in [3.05, 3.63) is 53.6 Å². The number of amides is 1. The highest BCUT2D eigenvalue weighted by molar-refractivity contribution is 6.30. The second-order valence-corrected chi connectivity index (χ2v) is 7.83. The highest BCUT2D eigenvalue weighted by Gasteiger charge is 2.39. The summed E-state index contributed by atoms with van der Waals surface area (Å²) in [5.41, 5.74) is 5.11. The van der Waals surface area contributed by atoms with Gasteiger partial charge in [0.15, 0.2) is 0 Å². The van der Waals surface area contributed by atoms with Gasteiger partial charge in [-0.3, -0.25) is 4.79 Å². The van der Waals surface area contributed by atoms with Gasteiger partial charge >= 0.3 is 0 Å². The molecule has 1 aromatic rings. The lowest BCUT2D eigenvalue weighted by atomic mass is 9.89. The first kappa shape index (κ1) is 23.4. The number of allylic oxidation sites excluding steroid dienone is 2. The minimum Gasteiger partial charge on any atom is -0.491 e. The summed E-state index contributed by atoms with van der Waals surface area (Å²) in [5.74, 6) is -0.118. The average Bonchev–Trinajstić information content (AvgIpc) is 2.93. The van der Waals surface area contributed by atoms with Crippen LogP contribution in [0.2, 0.25) is 5.02 Å². The lowest BCUT2D eigenvalue weighted by molar-refractivity contribution is -0.118. The van der Waals surface area contributed by atoms with Crippen molar-refractivity contribution in [1.29, 1.82) is 0 Å². The van der Waals surface area contributed by atoms with E-state index in [1.807, 2.05) is 12.2 Å². The Balaban J connectivity index is 1.83. The van der Waals surface area contributed by atoms with Gasteiger partial charge < -0.3 is 25.8 Å². The van der Waals surface area contributed by atoms with Crippen LogP contribution in [-0.2, 0) is 4.79 Å². The number of aliphatic hydroxyl groups is 3. The minimum absolute atomic E-state index is 0.0621. The zero-order valence-electron chi connectivity index (χ0n) is 16.4. The Morgan fingerprint density at radius 2 is 2.10 bits per heavy atom. The van der Waals surface area contributed by atoms with Crippen molar-refractivity contribution >= 4 is 17.5 Å². The van der Waals surface area contributed by atoms with Crippen molar-refractivity contribution in [2.75, 3.05) is 6.61 Å². The van der Waals surface area contributed by atoms with Crippen LogP contribution in [0.1, 0.15) is 32.1 Å². The third-order valence-electron chi connectivity index (χ3n) is 5.06. The van der Waals surface area contributed by atoms with E-state index in [0.29, 0.717) is 36.5 Å². The number of hydrogen-bond donors (Lipinski definition) is 4. The molecule has 0 unspecified atom stereocenters. The molecule has 1 aliphatic carbocycles. The van der Waals surface area contributed by atoms with E-state index in [9.17, 15) is 20.1 Å². The maximum absolute atomic E-state index is 10.7. The summed E-state index contributed by atoms with van der Waals surface area (Å²) < 4.78 is 5.52. The van der Waals surface area contributed by atoms with Crippen LogP contribution >= 0.6 is 11.6 Å². The fraction of sp³-hybridized carbons (Fsp3) is 0.500. The zero-order chi connectivity index (χ0) is 21.2. The van der Waals surface area contributed by atoms with E-state index in [-0.39, 0.29) is 24.3 Å². The molecule has 5 N–H and O–H groups in total. The number of benzene rings is 1. The van der Waals surface area contributed by atoms with Crippen molar-refractivity contribution in [3.63, 3.8) is 0 Å². The van der Waals surface area contributed by atoms with Crippen molar-refractivity contribution in [1.82, 2.24) is 0 Å². The molecule has 7 heteroatoms. The smallest absolute Gasteiger partial charge is 0.217 e. The predicted molar refractivity (Wildman–Crippen MR) is 113 cm³/mol. The summed E-state index contributed by atoms with van der Waals surface area (Å²) >= 11 is 5.90. The van der Waals surface area contributed by atoms with E-state index < -0.39 is 18.3 Å². The van der Waals surface area contributed by atoms with Crippen LogP contribution in [0.5, 0.6) is 5.75 Å². The predicted octanol–water partition coefficient (Wildman–Crippen LogP) is 2.60. The Bertz CT molecular complexity index is 708. The number of aliphatic hydroxyl groups excluding tert-OH is 3. The molecule has 1 saturated carbocycles. The number of nitrogens with two attached hydrogens (primary N) is 1. The van der Waals surface area contributed by atoms with E-state index in [1.54, 1.807) is 36.4 Å². The molecule has 2 rings (SSSR count). The second kappa shape index (κ2) is 12.0. The molecule has 0 spiro atoms. The summed E-state index contributed by atoms with van der Waals surface area (Å²) in [6, 6.07) is 6.93. The Morgan fingerprint density at radius 1 is 1.31 bits per heavy atom. The SMILES string of the molecule is NC(=O)CCC/C=C\C[C@@H]1[C@@H](/C=C/[C@@H](O)COc2cccc(Cl)c2)[C@H](O)C[C@@H]1O. The second-order valence-electron chi connectivity index (χ2n) is 7.40. The third kappa shape index (κ3) is 8.19. The van der Waals surface area contributed by atoms with Gasteiger partial charge in [-0.2, -0.15) is 0 Å². The van der Waals surface area contributed by atoms with Gasteiger partial charge in [0.25, 0.3) is 0 Å². The molecule has 160 valence electrons. The number of unbranched alkanes of at least 4 members (excludes halogenated alkanes) is 1. The van der Waals surface area contributed by atoms with Crippen LogP contribution in [-0.4, -0.2) is 46.1 Å². The Hall–Kier alpha value is -1.86. The first-order valence-corrected chi connectivity index (χ1v) is 10.3. The van der Waals surface area contributed by atoms with Gasteiger partial charge in [0, 0.05) is 23.8 Å². The zero-order valence-corrected chi connectivity index (χ0v) is 17.1. The lowest BCUT2D eigenvalue weighted by Gasteiger charge is -2.19. The molecule has 6 nitrogen and oxygen atoms in total. The molecule has 1 aromatic carbocycles. The number of carbonyl (C=O) groups is 1. The lowest BCUT2D eigenvalue weighted by Crippen LogP contribution is -2.21. The van der Waals surface area contributed by atoms with Crippen LogP contribution in [0.3, 0.4) is 0 Å². The normalized spacial score (nSPS) is 25.7. The molecule has 0 saturated heterocycles. The number of halogens is 1. The standard InChI is InChI=1S/C22H30ClNO5/c23-15-6-5-7-17(12-15)29-14-16(25)10-11-19-18(20(26)13-21(19)27)8-3-1-2-4-9-22(24)28/h1,3,5-7,10-12,16,18-21,25-27H,2,4,8-9,13-14H2,(H2,24,28)/b3-1-,11-10+/t16-,18-,19-,20+,21-/m1/s1. The van der Waals surface area contributed by atoms with Crippen molar-refractivity contribution in [2.45, 2.75) is 50.4 Å². The van der Waals surface area contributed by atoms with Gasteiger partial charge in [0.2, 0.25) is 5.91 Å². The molecule has 0 aromatic heterocycles. The fourth-order valence-corrected chi connectivity index (χ4v) is 3.70. The number of primary amides is 1. The van der Waals surface area contributed by atoms with E-state index in [2.05, 4.69) is 0 Å². The monoisotopic (exact) mass is 423 g/mol.